The molecule has 0 heterocycles. The van der Waals surface area contributed by atoms with Crippen LogP contribution in [0.3, 0.4) is 0 Å². The lowest BCUT2D eigenvalue weighted by atomic mass is 10.2. The minimum absolute atomic E-state index is 0. The summed E-state index contributed by atoms with van der Waals surface area (Å²) in [6, 6.07) is 7.74. The molecule has 2 N–H and O–H groups in total. The fourth-order valence-electron chi connectivity index (χ4n) is 2.01. The number of nitrogens with one attached hydrogen (secondary N) is 2. The van der Waals surface area contributed by atoms with Gasteiger partial charge in [0.1, 0.15) is 0 Å². The Balaban J connectivity index is 0.00000484. The molecule has 0 bridgehead atoms. The Labute approximate surface area is 160 Å². The minimum Gasteiger partial charge on any atom is -0.356 e. The maximum atomic E-state index is 11.6. The maximum Gasteiger partial charge on any atom is 0.221 e. The van der Waals surface area contributed by atoms with Gasteiger partial charge in [-0.05, 0) is 24.1 Å². The lowest BCUT2D eigenvalue weighted by molar-refractivity contribution is -0.120. The van der Waals surface area contributed by atoms with Crippen molar-refractivity contribution in [3.8, 4) is 0 Å². The van der Waals surface area contributed by atoms with Gasteiger partial charge in [0, 0.05) is 45.2 Å². The number of hydrogen-bond donors (Lipinski definition) is 2. The third kappa shape index (κ3) is 9.00. The van der Waals surface area contributed by atoms with Crippen LogP contribution in [-0.2, 0) is 11.3 Å². The van der Waals surface area contributed by atoms with E-state index >= 15 is 0 Å². The lowest BCUT2D eigenvalue weighted by Crippen LogP contribution is -2.40. The molecule has 0 spiro atoms. The van der Waals surface area contributed by atoms with Gasteiger partial charge in [0.2, 0.25) is 5.91 Å². The fourth-order valence-corrected chi connectivity index (χ4v) is 2.22. The topological polar surface area (TPSA) is 56.7 Å². The summed E-state index contributed by atoms with van der Waals surface area (Å²) in [5.41, 5.74) is 1.11. The number of guanidine groups is 1. The van der Waals surface area contributed by atoms with Crippen LogP contribution < -0.4 is 10.6 Å². The summed E-state index contributed by atoms with van der Waals surface area (Å²) in [6.07, 6.45) is 1.38. The monoisotopic (exact) mass is 452 g/mol. The second kappa shape index (κ2) is 12.4. The zero-order valence-corrected chi connectivity index (χ0v) is 17.0. The summed E-state index contributed by atoms with van der Waals surface area (Å²) in [5, 5.41) is 6.77. The Kier molecular flexibility index (Phi) is 11.9. The summed E-state index contributed by atoms with van der Waals surface area (Å²) in [6.45, 7) is 4.01. The third-order valence-electron chi connectivity index (χ3n) is 3.09. The van der Waals surface area contributed by atoms with Gasteiger partial charge in [-0.25, -0.2) is 0 Å². The number of nitrogens with zero attached hydrogens (tertiary/aromatic N) is 2. The van der Waals surface area contributed by atoms with Crippen LogP contribution in [0.15, 0.2) is 29.3 Å². The SMILES string of the molecule is CCCNC(=O)CCNC(=NC)N(C)Cc1cccc(Cl)c1.I. The number of benzene rings is 1. The Bertz CT molecular complexity index is 511. The van der Waals surface area contributed by atoms with Gasteiger partial charge < -0.3 is 15.5 Å². The first-order valence-corrected chi connectivity index (χ1v) is 7.87. The highest BCUT2D eigenvalue weighted by Gasteiger charge is 2.07. The first-order chi connectivity index (χ1) is 10.6. The van der Waals surface area contributed by atoms with E-state index in [-0.39, 0.29) is 29.9 Å². The fraction of sp³-hybridized carbons (Fsp3) is 0.500. The molecule has 1 aromatic rings. The smallest absolute Gasteiger partial charge is 0.221 e. The molecular formula is C16H26ClIN4O. The third-order valence-corrected chi connectivity index (χ3v) is 3.32. The van der Waals surface area contributed by atoms with Crippen LogP contribution in [0.2, 0.25) is 5.02 Å². The number of hydrogen-bond acceptors (Lipinski definition) is 2. The largest absolute Gasteiger partial charge is 0.356 e. The van der Waals surface area contributed by atoms with Crippen molar-refractivity contribution in [3.05, 3.63) is 34.9 Å². The number of amides is 1. The Morgan fingerprint density at radius 1 is 1.30 bits per heavy atom. The van der Waals surface area contributed by atoms with Crippen LogP contribution in [0.5, 0.6) is 0 Å². The van der Waals surface area contributed by atoms with Gasteiger partial charge in [0.05, 0.1) is 0 Å². The Morgan fingerprint density at radius 2 is 2.04 bits per heavy atom. The zero-order chi connectivity index (χ0) is 16.4. The van der Waals surface area contributed by atoms with Gasteiger partial charge in [-0.1, -0.05) is 30.7 Å². The number of carbonyl (C=O) groups is 1. The predicted octanol–water partition coefficient (Wildman–Crippen LogP) is 2.88. The first kappa shape index (κ1) is 22.0. The number of halogens is 2. The number of aliphatic imine (C=N–C) groups is 1. The minimum atomic E-state index is 0. The van der Waals surface area contributed by atoms with E-state index in [1.807, 2.05) is 43.1 Å². The molecule has 130 valence electrons. The molecule has 23 heavy (non-hydrogen) atoms. The van der Waals surface area contributed by atoms with Gasteiger partial charge in [-0.15, -0.1) is 24.0 Å². The summed E-state index contributed by atoms with van der Waals surface area (Å²) >= 11 is 5.99. The van der Waals surface area contributed by atoms with Crippen molar-refractivity contribution >= 4 is 47.4 Å². The predicted molar refractivity (Wildman–Crippen MR) is 108 cm³/mol. The van der Waals surface area contributed by atoms with Crippen molar-refractivity contribution in [1.82, 2.24) is 15.5 Å². The average molecular weight is 453 g/mol. The van der Waals surface area contributed by atoms with E-state index in [9.17, 15) is 4.79 Å². The number of carbonyl (C=O) groups excluding carboxylic acids is 1. The van der Waals surface area contributed by atoms with Crippen molar-refractivity contribution in [2.75, 3.05) is 27.2 Å². The standard InChI is InChI=1S/C16H25ClN4O.HI/c1-4-9-19-15(22)8-10-20-16(18-2)21(3)12-13-6-5-7-14(17)11-13;/h5-7,11H,4,8-10,12H2,1-3H3,(H,18,20)(H,19,22);1H. The maximum absolute atomic E-state index is 11.6. The Hall–Kier alpha value is -1.02. The highest BCUT2D eigenvalue weighted by Crippen LogP contribution is 2.12. The molecule has 1 rings (SSSR count). The molecule has 1 amide bonds. The van der Waals surface area contributed by atoms with Crippen LogP contribution >= 0.6 is 35.6 Å². The quantitative estimate of drug-likeness (QED) is 0.380. The van der Waals surface area contributed by atoms with Crippen LogP contribution in [0.1, 0.15) is 25.3 Å². The van der Waals surface area contributed by atoms with Crippen LogP contribution in [0.4, 0.5) is 0 Å². The second-order valence-electron chi connectivity index (χ2n) is 5.06. The molecular weight excluding hydrogens is 427 g/mol. The van der Waals surface area contributed by atoms with Gasteiger partial charge in [0.25, 0.3) is 0 Å². The van der Waals surface area contributed by atoms with Crippen molar-refractivity contribution in [1.29, 1.82) is 0 Å². The van der Waals surface area contributed by atoms with Crippen molar-refractivity contribution in [2.45, 2.75) is 26.3 Å². The number of rotatable bonds is 7. The summed E-state index contributed by atoms with van der Waals surface area (Å²) in [5.74, 6) is 0.811. The molecule has 5 nitrogen and oxygen atoms in total. The summed E-state index contributed by atoms with van der Waals surface area (Å²) in [7, 11) is 3.68. The first-order valence-electron chi connectivity index (χ1n) is 7.49. The van der Waals surface area contributed by atoms with Gasteiger partial charge in [-0.2, -0.15) is 0 Å². The van der Waals surface area contributed by atoms with Gasteiger partial charge in [-0.3, -0.25) is 9.79 Å². The normalized spacial score (nSPS) is 10.7. The molecule has 0 unspecified atom stereocenters. The molecule has 1 aromatic carbocycles. The molecule has 7 heteroatoms. The van der Waals surface area contributed by atoms with Gasteiger partial charge >= 0.3 is 0 Å². The van der Waals surface area contributed by atoms with Crippen molar-refractivity contribution in [2.24, 2.45) is 4.99 Å². The van der Waals surface area contributed by atoms with E-state index in [4.69, 9.17) is 11.6 Å². The van der Waals surface area contributed by atoms with Crippen molar-refractivity contribution in [3.63, 3.8) is 0 Å². The molecule has 0 fully saturated rings. The second-order valence-corrected chi connectivity index (χ2v) is 5.50. The van der Waals surface area contributed by atoms with E-state index in [2.05, 4.69) is 15.6 Å². The zero-order valence-electron chi connectivity index (χ0n) is 13.9. The van der Waals surface area contributed by atoms with Crippen LogP contribution in [0, 0.1) is 0 Å². The molecule has 0 aliphatic rings. The van der Waals surface area contributed by atoms with E-state index < -0.39 is 0 Å². The average Bonchev–Trinajstić information content (AvgIpc) is 2.49. The molecule has 0 radical (unpaired) electrons. The molecule has 0 saturated heterocycles. The summed E-state index contributed by atoms with van der Waals surface area (Å²) < 4.78 is 0. The molecule has 0 aromatic heterocycles. The van der Waals surface area contributed by atoms with E-state index in [1.165, 1.54) is 0 Å². The van der Waals surface area contributed by atoms with E-state index in [1.54, 1.807) is 7.05 Å². The van der Waals surface area contributed by atoms with E-state index in [0.29, 0.717) is 19.5 Å². The molecule has 0 atom stereocenters. The molecule has 0 aliphatic heterocycles. The van der Waals surface area contributed by atoms with E-state index in [0.717, 1.165) is 29.5 Å². The van der Waals surface area contributed by atoms with Gasteiger partial charge in [0.15, 0.2) is 5.96 Å². The van der Waals surface area contributed by atoms with Crippen LogP contribution in [-0.4, -0.2) is 44.0 Å². The van der Waals surface area contributed by atoms with Crippen molar-refractivity contribution < 1.29 is 4.79 Å². The van der Waals surface area contributed by atoms with Crippen LogP contribution in [0.25, 0.3) is 0 Å². The molecule has 0 aliphatic carbocycles. The highest BCUT2D eigenvalue weighted by atomic mass is 127. The lowest BCUT2D eigenvalue weighted by Gasteiger charge is -2.22. The Morgan fingerprint density at radius 3 is 2.65 bits per heavy atom. The molecule has 0 saturated carbocycles. The highest BCUT2D eigenvalue weighted by molar-refractivity contribution is 14.0. The summed E-state index contributed by atoms with van der Waals surface area (Å²) in [4.78, 5) is 17.8.